The number of carboxylic acid groups (broad SMARTS) is 1. The fourth-order valence-electron chi connectivity index (χ4n) is 5.02. The first-order valence-corrected chi connectivity index (χ1v) is 13.0. The first kappa shape index (κ1) is 24.1. The van der Waals surface area contributed by atoms with Gasteiger partial charge in [-0.1, -0.05) is 48.5 Å². The first-order chi connectivity index (χ1) is 16.5. The summed E-state index contributed by atoms with van der Waals surface area (Å²) in [7, 11) is 0. The molecule has 1 aliphatic heterocycles. The van der Waals surface area contributed by atoms with E-state index in [2.05, 4.69) is 29.6 Å². The van der Waals surface area contributed by atoms with Crippen LogP contribution in [0.1, 0.15) is 42.7 Å². The Morgan fingerprint density at radius 3 is 2.38 bits per heavy atom. The maximum atomic E-state index is 13.2. The molecular formula is C26H30N2O5S. The third kappa shape index (κ3) is 5.22. The van der Waals surface area contributed by atoms with E-state index in [0.717, 1.165) is 28.7 Å². The lowest BCUT2D eigenvalue weighted by atomic mass is 9.98. The summed E-state index contributed by atoms with van der Waals surface area (Å²) in [4.78, 5) is 38.8. The number of carbonyl (C=O) groups is 3. The highest BCUT2D eigenvalue weighted by Gasteiger charge is 2.35. The van der Waals surface area contributed by atoms with E-state index >= 15 is 0 Å². The molecule has 180 valence electrons. The molecule has 0 radical (unpaired) electrons. The molecule has 7 nitrogen and oxygen atoms in total. The summed E-state index contributed by atoms with van der Waals surface area (Å²) in [6.07, 6.45) is 3.13. The van der Waals surface area contributed by atoms with Crippen LogP contribution in [0.25, 0.3) is 11.1 Å². The van der Waals surface area contributed by atoms with Crippen LogP contribution in [0.5, 0.6) is 0 Å². The molecule has 4 rings (SSSR count). The number of nitrogens with zero attached hydrogens (tertiary/aromatic N) is 1. The van der Waals surface area contributed by atoms with Gasteiger partial charge in [-0.15, -0.1) is 0 Å². The smallest absolute Gasteiger partial charge is 0.407 e. The van der Waals surface area contributed by atoms with E-state index in [1.54, 1.807) is 16.7 Å². The number of fused-ring (bicyclic) bond motifs is 3. The topological polar surface area (TPSA) is 95.9 Å². The average molecular weight is 483 g/mol. The Balaban J connectivity index is 1.42. The van der Waals surface area contributed by atoms with E-state index in [1.807, 2.05) is 30.5 Å². The summed E-state index contributed by atoms with van der Waals surface area (Å²) in [5.41, 5.74) is 4.55. The van der Waals surface area contributed by atoms with Crippen LogP contribution in [-0.4, -0.2) is 65.2 Å². The van der Waals surface area contributed by atoms with Gasteiger partial charge >= 0.3 is 12.1 Å². The van der Waals surface area contributed by atoms with Crippen LogP contribution in [0.2, 0.25) is 0 Å². The summed E-state index contributed by atoms with van der Waals surface area (Å²) in [6.45, 7) is 0.688. The highest BCUT2D eigenvalue weighted by Crippen LogP contribution is 2.44. The molecule has 2 aromatic rings. The molecule has 2 amide bonds. The minimum absolute atomic E-state index is 0.0583. The molecule has 1 fully saturated rings. The first-order valence-electron chi connectivity index (χ1n) is 11.6. The predicted molar refractivity (Wildman–Crippen MR) is 132 cm³/mol. The molecule has 0 unspecified atom stereocenters. The number of amides is 2. The van der Waals surface area contributed by atoms with Gasteiger partial charge in [-0.2, -0.15) is 11.8 Å². The van der Waals surface area contributed by atoms with Crippen molar-refractivity contribution < 1.29 is 24.2 Å². The normalized spacial score (nSPS) is 17.7. The van der Waals surface area contributed by atoms with Crippen LogP contribution >= 0.6 is 11.8 Å². The van der Waals surface area contributed by atoms with E-state index < -0.39 is 18.1 Å². The van der Waals surface area contributed by atoms with Crippen LogP contribution in [0.15, 0.2) is 48.5 Å². The molecule has 2 atom stereocenters. The zero-order valence-electron chi connectivity index (χ0n) is 19.2. The summed E-state index contributed by atoms with van der Waals surface area (Å²) in [5, 5.41) is 11.9. The van der Waals surface area contributed by atoms with E-state index in [-0.39, 0.29) is 30.9 Å². The van der Waals surface area contributed by atoms with Gasteiger partial charge in [0.15, 0.2) is 0 Å². The molecule has 34 heavy (non-hydrogen) atoms. The van der Waals surface area contributed by atoms with Crippen molar-refractivity contribution >= 4 is 29.7 Å². The lowest BCUT2D eigenvalue weighted by Crippen LogP contribution is -2.50. The Morgan fingerprint density at radius 2 is 1.76 bits per heavy atom. The number of aliphatic carboxylic acids is 1. The highest BCUT2D eigenvalue weighted by atomic mass is 32.2. The van der Waals surface area contributed by atoms with Crippen molar-refractivity contribution in [1.29, 1.82) is 0 Å². The maximum absolute atomic E-state index is 13.2. The van der Waals surface area contributed by atoms with E-state index in [4.69, 9.17) is 4.74 Å². The standard InChI is InChI=1S/C26H30N2O5S/c1-34-14-12-23(25(31)28-13-6-7-17(28)15-24(29)30)27-26(32)33-16-22-20-10-4-2-8-18(20)19-9-3-5-11-21(19)22/h2-5,8-11,17,22-23H,6-7,12-16H2,1H3,(H,27,32)(H,29,30)/t17-,23-/m0/s1. The lowest BCUT2D eigenvalue weighted by Gasteiger charge is -2.28. The predicted octanol–water partition coefficient (Wildman–Crippen LogP) is 4.11. The van der Waals surface area contributed by atoms with E-state index in [1.165, 1.54) is 0 Å². The van der Waals surface area contributed by atoms with Gasteiger partial charge in [0.1, 0.15) is 12.6 Å². The van der Waals surface area contributed by atoms with Crippen LogP contribution in [0.3, 0.4) is 0 Å². The van der Waals surface area contributed by atoms with Crippen molar-refractivity contribution in [3.63, 3.8) is 0 Å². The van der Waals surface area contributed by atoms with Crippen molar-refractivity contribution in [3.05, 3.63) is 59.7 Å². The summed E-state index contributed by atoms with van der Waals surface area (Å²) in [6, 6.07) is 15.2. The molecule has 1 heterocycles. The third-order valence-corrected chi connectivity index (χ3v) is 7.26. The van der Waals surface area contributed by atoms with Crippen molar-refractivity contribution in [1.82, 2.24) is 10.2 Å². The quantitative estimate of drug-likeness (QED) is 0.558. The SMILES string of the molecule is CSCC[C@H](NC(=O)OCC1c2ccccc2-c2ccccc21)C(=O)N1CCC[C@H]1CC(=O)O. The van der Waals surface area contributed by atoms with Gasteiger partial charge in [-0.3, -0.25) is 9.59 Å². The number of carboxylic acids is 1. The Kier molecular flexibility index (Phi) is 7.77. The highest BCUT2D eigenvalue weighted by molar-refractivity contribution is 7.98. The molecule has 1 aliphatic carbocycles. The third-order valence-electron chi connectivity index (χ3n) is 6.61. The average Bonchev–Trinajstić information content (AvgIpc) is 3.42. The van der Waals surface area contributed by atoms with Crippen LogP contribution < -0.4 is 5.32 Å². The second-order valence-corrected chi connectivity index (χ2v) is 9.72. The number of benzene rings is 2. The van der Waals surface area contributed by atoms with Crippen molar-refractivity contribution in [2.75, 3.05) is 25.2 Å². The second-order valence-electron chi connectivity index (χ2n) is 8.73. The monoisotopic (exact) mass is 482 g/mol. The maximum Gasteiger partial charge on any atom is 0.407 e. The molecule has 2 aromatic carbocycles. The summed E-state index contributed by atoms with van der Waals surface area (Å²) in [5.74, 6) is -0.518. The fourth-order valence-corrected chi connectivity index (χ4v) is 5.49. The zero-order valence-corrected chi connectivity index (χ0v) is 20.1. The van der Waals surface area contributed by atoms with Crippen LogP contribution in [-0.2, 0) is 14.3 Å². The number of hydrogen-bond donors (Lipinski definition) is 2. The minimum atomic E-state index is -0.921. The molecule has 2 N–H and O–H groups in total. The Labute approximate surface area is 203 Å². The van der Waals surface area contributed by atoms with Gasteiger partial charge in [-0.05, 0) is 53.5 Å². The fraction of sp³-hybridized carbons (Fsp3) is 0.423. The number of alkyl carbamates (subject to hydrolysis) is 1. The van der Waals surface area contributed by atoms with Gasteiger partial charge in [0.05, 0.1) is 6.42 Å². The molecular weight excluding hydrogens is 452 g/mol. The molecule has 1 saturated heterocycles. The van der Waals surface area contributed by atoms with Gasteiger partial charge in [0.2, 0.25) is 5.91 Å². The number of thioether (sulfide) groups is 1. The van der Waals surface area contributed by atoms with Crippen molar-refractivity contribution in [3.8, 4) is 11.1 Å². The zero-order chi connectivity index (χ0) is 24.1. The van der Waals surface area contributed by atoms with Crippen LogP contribution in [0.4, 0.5) is 4.79 Å². The van der Waals surface area contributed by atoms with Gasteiger partial charge in [0, 0.05) is 18.5 Å². The van der Waals surface area contributed by atoms with Gasteiger partial charge < -0.3 is 20.1 Å². The van der Waals surface area contributed by atoms with Crippen molar-refractivity contribution in [2.24, 2.45) is 0 Å². The Hall–Kier alpha value is -3.00. The number of ether oxygens (including phenoxy) is 1. The molecule has 0 spiro atoms. The molecule has 0 bridgehead atoms. The number of hydrogen-bond acceptors (Lipinski definition) is 5. The van der Waals surface area contributed by atoms with Crippen LogP contribution in [0, 0.1) is 0 Å². The number of nitrogens with one attached hydrogen (secondary N) is 1. The Morgan fingerprint density at radius 1 is 1.12 bits per heavy atom. The Bertz CT molecular complexity index is 1010. The minimum Gasteiger partial charge on any atom is -0.481 e. The number of carbonyl (C=O) groups excluding carboxylic acids is 2. The number of rotatable bonds is 9. The summed E-state index contributed by atoms with van der Waals surface area (Å²) >= 11 is 1.59. The molecule has 2 aliphatic rings. The van der Waals surface area contributed by atoms with Crippen molar-refractivity contribution in [2.45, 2.75) is 43.7 Å². The van der Waals surface area contributed by atoms with Gasteiger partial charge in [-0.25, -0.2) is 4.79 Å². The summed E-state index contributed by atoms with van der Waals surface area (Å²) < 4.78 is 5.63. The van der Waals surface area contributed by atoms with E-state index in [0.29, 0.717) is 25.1 Å². The lowest BCUT2D eigenvalue weighted by molar-refractivity contribution is -0.140. The second kappa shape index (κ2) is 11.0. The van der Waals surface area contributed by atoms with E-state index in [9.17, 15) is 19.5 Å². The molecule has 0 saturated carbocycles. The largest absolute Gasteiger partial charge is 0.481 e. The van der Waals surface area contributed by atoms with Gasteiger partial charge in [0.25, 0.3) is 0 Å². The number of likely N-dealkylation sites (tertiary alicyclic amines) is 1. The molecule has 8 heteroatoms. The molecule has 0 aromatic heterocycles.